The number of hydrogen-bond donors (Lipinski definition) is 0. The minimum Gasteiger partial charge on any atom is -0.496 e. The van der Waals surface area contributed by atoms with E-state index in [1.807, 2.05) is 19.1 Å². The lowest BCUT2D eigenvalue weighted by molar-refractivity contribution is -0.178. The predicted molar refractivity (Wildman–Crippen MR) is 150 cm³/mol. The SMILES string of the molecule is CC(F)(F)P.C\C=C/C(=C\C=C(/C)C(=O)OF)C1=NOC2(CCN(Cc3ccc(OC)c(C4CC4)c3)CC2)C1. The summed E-state index contributed by atoms with van der Waals surface area (Å²) in [6.45, 7) is 7.05. The highest BCUT2D eigenvalue weighted by molar-refractivity contribution is 7.18. The van der Waals surface area contributed by atoms with E-state index in [4.69, 9.17) is 9.57 Å². The molecule has 1 saturated carbocycles. The molecule has 39 heavy (non-hydrogen) atoms. The number of ether oxygens (including phenoxy) is 1. The summed E-state index contributed by atoms with van der Waals surface area (Å²) < 4.78 is 39.7. The van der Waals surface area contributed by atoms with Gasteiger partial charge < -0.3 is 9.57 Å². The maximum absolute atomic E-state index is 12.1. The minimum atomic E-state index is -2.58. The number of carbonyl (C=O) groups is 1. The quantitative estimate of drug-likeness (QED) is 0.192. The van der Waals surface area contributed by atoms with Crippen LogP contribution in [0.5, 0.6) is 5.75 Å². The van der Waals surface area contributed by atoms with E-state index in [1.165, 1.54) is 46.2 Å². The predicted octanol–water partition coefficient (Wildman–Crippen LogP) is 7.03. The Morgan fingerprint density at radius 1 is 1.28 bits per heavy atom. The molecule has 1 spiro atoms. The maximum Gasteiger partial charge on any atom is 0.375 e. The highest BCUT2D eigenvalue weighted by atomic mass is 31.0. The van der Waals surface area contributed by atoms with Crippen LogP contribution in [0.25, 0.3) is 0 Å². The Hall–Kier alpha value is -2.64. The summed E-state index contributed by atoms with van der Waals surface area (Å²) in [5.74, 6) is 0.665. The number of piperidine rings is 1. The third-order valence-electron chi connectivity index (χ3n) is 6.91. The molecular formula is C29H38F3N2O4P. The van der Waals surface area contributed by atoms with Gasteiger partial charge in [-0.25, -0.2) is 18.5 Å². The van der Waals surface area contributed by atoms with Crippen LogP contribution in [0.2, 0.25) is 0 Å². The Morgan fingerprint density at radius 3 is 2.51 bits per heavy atom. The summed E-state index contributed by atoms with van der Waals surface area (Å²) in [4.78, 5) is 23.1. The van der Waals surface area contributed by atoms with Gasteiger partial charge in [-0.3, -0.25) is 4.90 Å². The second-order valence-corrected chi connectivity index (χ2v) is 11.4. The molecule has 2 aliphatic heterocycles. The van der Waals surface area contributed by atoms with Crippen LogP contribution < -0.4 is 4.74 Å². The zero-order valence-electron chi connectivity index (χ0n) is 23.0. The third kappa shape index (κ3) is 9.50. The fraction of sp³-hybridized carbons (Fsp3) is 0.517. The van der Waals surface area contributed by atoms with Gasteiger partial charge in [0.2, 0.25) is 0 Å². The average Bonchev–Trinajstić information content (AvgIpc) is 3.67. The molecule has 2 heterocycles. The zero-order chi connectivity index (χ0) is 28.6. The molecule has 0 N–H and O–H groups in total. The van der Waals surface area contributed by atoms with Gasteiger partial charge in [-0.05, 0) is 55.4 Å². The van der Waals surface area contributed by atoms with Crippen molar-refractivity contribution in [3.8, 4) is 5.75 Å². The molecular weight excluding hydrogens is 528 g/mol. The number of likely N-dealkylation sites (tertiary alicyclic amines) is 1. The van der Waals surface area contributed by atoms with Gasteiger partial charge in [-0.2, -0.15) is 0 Å². The second-order valence-electron chi connectivity index (χ2n) is 10.4. The second kappa shape index (κ2) is 13.6. The van der Waals surface area contributed by atoms with Crippen molar-refractivity contribution in [2.45, 2.75) is 76.6 Å². The number of carbonyl (C=O) groups excluding carboxylic acids is 1. The fourth-order valence-electron chi connectivity index (χ4n) is 4.69. The Labute approximate surface area is 231 Å². The van der Waals surface area contributed by atoms with Gasteiger partial charge in [-0.1, -0.05) is 50.8 Å². The van der Waals surface area contributed by atoms with Crippen molar-refractivity contribution in [1.29, 1.82) is 0 Å². The van der Waals surface area contributed by atoms with Crippen molar-refractivity contribution in [2.24, 2.45) is 5.16 Å². The standard InChI is InChI=1S/C27H33FN2O4.C2H5F2P/c1-4-5-22(8-6-19(2)26(31)33-28)24-17-27(34-29-24)12-14-30(15-13-27)18-20-7-11-25(32-3)23(16-20)21-9-10-21;1-2(3,4)5/h4-8,11,16,21H,9-10,12-15,17-18H2,1-3H3;5H2,1H3/b5-4-,19-6+,22-8+;. The lowest BCUT2D eigenvalue weighted by Gasteiger charge is -2.37. The topological polar surface area (TPSA) is 60.4 Å². The molecule has 4 rings (SSSR count). The first-order chi connectivity index (χ1) is 18.5. The molecule has 1 aliphatic carbocycles. The van der Waals surface area contributed by atoms with Crippen LogP contribution in [0.3, 0.4) is 0 Å². The van der Waals surface area contributed by atoms with Crippen molar-refractivity contribution < 1.29 is 32.6 Å². The van der Waals surface area contributed by atoms with Crippen molar-refractivity contribution >= 4 is 20.9 Å². The number of rotatable bonds is 8. The number of alkyl halides is 2. The molecule has 0 radical (unpaired) electrons. The van der Waals surface area contributed by atoms with E-state index in [9.17, 15) is 18.1 Å². The number of hydrogen-bond acceptors (Lipinski definition) is 6. The lowest BCUT2D eigenvalue weighted by atomic mass is 9.85. The fourth-order valence-corrected chi connectivity index (χ4v) is 4.69. The number of nitrogens with zero attached hydrogens (tertiary/aromatic N) is 2. The highest BCUT2D eigenvalue weighted by Gasteiger charge is 2.42. The van der Waals surface area contributed by atoms with Gasteiger partial charge in [0.1, 0.15) is 11.4 Å². The van der Waals surface area contributed by atoms with Gasteiger partial charge in [0.05, 0.1) is 12.8 Å². The summed E-state index contributed by atoms with van der Waals surface area (Å²) in [5.41, 5.74) is 1.66. The normalized spacial score (nSPS) is 19.8. The van der Waals surface area contributed by atoms with Crippen molar-refractivity contribution in [2.75, 3.05) is 20.2 Å². The molecule has 1 saturated heterocycles. The van der Waals surface area contributed by atoms with Gasteiger partial charge >= 0.3 is 5.97 Å². The molecule has 0 amide bonds. The van der Waals surface area contributed by atoms with Crippen LogP contribution >= 0.6 is 9.24 Å². The van der Waals surface area contributed by atoms with Crippen LogP contribution in [-0.2, 0) is 21.1 Å². The molecule has 2 fully saturated rings. The monoisotopic (exact) mass is 566 g/mol. The number of benzene rings is 1. The molecule has 0 bridgehead atoms. The Morgan fingerprint density at radius 2 is 1.95 bits per heavy atom. The summed E-state index contributed by atoms with van der Waals surface area (Å²) >= 11 is 0. The molecule has 10 heteroatoms. The highest BCUT2D eigenvalue weighted by Crippen LogP contribution is 2.45. The van der Waals surface area contributed by atoms with E-state index in [1.54, 1.807) is 13.2 Å². The van der Waals surface area contributed by atoms with E-state index < -0.39 is 11.6 Å². The Bertz CT molecular complexity index is 1130. The average molecular weight is 567 g/mol. The first-order valence-electron chi connectivity index (χ1n) is 13.1. The largest absolute Gasteiger partial charge is 0.496 e. The smallest absolute Gasteiger partial charge is 0.375 e. The molecule has 1 aromatic rings. The van der Waals surface area contributed by atoms with E-state index >= 15 is 0 Å². The van der Waals surface area contributed by atoms with Crippen LogP contribution in [-0.4, -0.2) is 48.0 Å². The van der Waals surface area contributed by atoms with Gasteiger partial charge in [0, 0.05) is 55.9 Å². The van der Waals surface area contributed by atoms with E-state index in [0.29, 0.717) is 12.3 Å². The van der Waals surface area contributed by atoms with Gasteiger partial charge in [0.15, 0.2) is 0 Å². The van der Waals surface area contributed by atoms with Gasteiger partial charge in [-0.15, -0.1) is 0 Å². The number of allylic oxidation sites excluding steroid dienone is 5. The summed E-state index contributed by atoms with van der Waals surface area (Å²) in [7, 11) is 3.13. The van der Waals surface area contributed by atoms with E-state index in [0.717, 1.165) is 56.4 Å². The molecule has 214 valence electrons. The summed E-state index contributed by atoms with van der Waals surface area (Å²) in [6.07, 6.45) is 12.1. The molecule has 0 aromatic heterocycles. The first kappa shape index (κ1) is 30.9. The van der Waals surface area contributed by atoms with E-state index in [2.05, 4.69) is 33.2 Å². The molecule has 1 unspecified atom stereocenters. The molecule has 1 atom stereocenters. The van der Waals surface area contributed by atoms with Gasteiger partial charge in [0.25, 0.3) is 5.66 Å². The minimum absolute atomic E-state index is 0.176. The van der Waals surface area contributed by atoms with E-state index in [-0.39, 0.29) is 11.2 Å². The molecule has 1 aromatic carbocycles. The number of oxime groups is 1. The first-order valence-corrected chi connectivity index (χ1v) is 13.7. The third-order valence-corrected chi connectivity index (χ3v) is 6.91. The molecule has 3 aliphatic rings. The van der Waals surface area contributed by atoms with Crippen LogP contribution in [0.4, 0.5) is 13.3 Å². The zero-order valence-corrected chi connectivity index (χ0v) is 24.2. The molecule has 6 nitrogen and oxygen atoms in total. The summed E-state index contributed by atoms with van der Waals surface area (Å²) in [5, 5.41) is 4.39. The Kier molecular flexibility index (Phi) is 10.8. The van der Waals surface area contributed by atoms with Crippen molar-refractivity contribution in [3.63, 3.8) is 0 Å². The lowest BCUT2D eigenvalue weighted by Crippen LogP contribution is -2.44. The van der Waals surface area contributed by atoms with Crippen LogP contribution in [0, 0.1) is 0 Å². The number of methoxy groups -OCH3 is 1. The van der Waals surface area contributed by atoms with Crippen LogP contribution in [0.15, 0.2) is 58.8 Å². The van der Waals surface area contributed by atoms with Crippen molar-refractivity contribution in [1.82, 2.24) is 4.90 Å². The van der Waals surface area contributed by atoms with Crippen molar-refractivity contribution in [3.05, 3.63) is 64.8 Å². The maximum atomic E-state index is 12.1. The Balaban J connectivity index is 0.000000771. The number of halogens is 3. The van der Waals surface area contributed by atoms with Crippen LogP contribution in [0.1, 0.15) is 69.9 Å². The summed E-state index contributed by atoms with van der Waals surface area (Å²) in [6, 6.07) is 6.59.